The van der Waals surface area contributed by atoms with E-state index in [1.54, 1.807) is 0 Å². The number of hydrogen-bond acceptors (Lipinski definition) is 6. The van der Waals surface area contributed by atoms with Crippen LogP contribution in [0.4, 0.5) is 39.5 Å². The molecule has 1 fully saturated rings. The van der Waals surface area contributed by atoms with Crippen molar-refractivity contribution in [2.75, 3.05) is 60.4 Å². The maximum Gasteiger partial charge on any atom is 0.490 e. The second-order valence-electron chi connectivity index (χ2n) is 6.32. The smallest absolute Gasteiger partial charge is 0.475 e. The topological polar surface area (TPSA) is 153 Å². The number of carboxylic acid groups (broad SMARTS) is 3. The van der Waals surface area contributed by atoms with E-state index >= 15 is 0 Å². The van der Waals surface area contributed by atoms with Crippen molar-refractivity contribution in [3.63, 3.8) is 0 Å². The van der Waals surface area contributed by atoms with E-state index < -0.39 is 36.4 Å². The Morgan fingerprint density at radius 2 is 0.600 bits per heavy atom. The SMILES string of the molecule is CN1CCN(C)CCN(C)CC1.O.O=C(O)C(F)(F)F.O=C(O)C(F)(F)F.O=C(O)C(F)(F)F.[Ru]. The van der Waals surface area contributed by atoms with E-state index in [0.717, 1.165) is 0 Å². The van der Waals surface area contributed by atoms with Gasteiger partial charge in [-0.15, -0.1) is 0 Å². The zero-order chi connectivity index (χ0) is 27.2. The maximum absolute atomic E-state index is 10.6. The first-order valence-electron chi connectivity index (χ1n) is 8.47. The second-order valence-corrected chi connectivity index (χ2v) is 6.32. The molecule has 1 heterocycles. The van der Waals surface area contributed by atoms with Crippen LogP contribution in [-0.4, -0.2) is 132 Å². The van der Waals surface area contributed by atoms with Gasteiger partial charge in [-0.25, -0.2) is 14.4 Å². The summed E-state index contributed by atoms with van der Waals surface area (Å²) < 4.78 is 95.2. The van der Waals surface area contributed by atoms with Gasteiger partial charge in [-0.3, -0.25) is 0 Å². The molecule has 5 N–H and O–H groups in total. The Hall–Kier alpha value is -1.76. The van der Waals surface area contributed by atoms with Crippen LogP contribution in [-0.2, 0) is 33.9 Å². The van der Waals surface area contributed by atoms with Crippen molar-refractivity contribution in [2.45, 2.75) is 18.5 Å². The van der Waals surface area contributed by atoms with Gasteiger partial charge >= 0.3 is 36.4 Å². The van der Waals surface area contributed by atoms with Gasteiger partial charge in [0, 0.05) is 58.7 Å². The summed E-state index contributed by atoms with van der Waals surface area (Å²) in [7, 11) is 6.60. The third-order valence-corrected chi connectivity index (χ3v) is 3.32. The van der Waals surface area contributed by atoms with Crippen LogP contribution in [0.25, 0.3) is 0 Å². The summed E-state index contributed by atoms with van der Waals surface area (Å²) in [6, 6.07) is 0. The Morgan fingerprint density at radius 3 is 0.657 bits per heavy atom. The van der Waals surface area contributed by atoms with E-state index in [4.69, 9.17) is 29.7 Å². The predicted octanol–water partition coefficient (Wildman–Crippen LogP) is 0.868. The molecular formula is C15H26F9N3O7Ru. The van der Waals surface area contributed by atoms with Crippen molar-refractivity contribution in [1.29, 1.82) is 0 Å². The fourth-order valence-electron chi connectivity index (χ4n) is 1.36. The van der Waals surface area contributed by atoms with Gasteiger partial charge in [0.05, 0.1) is 0 Å². The number of carbonyl (C=O) groups is 3. The number of likely N-dealkylation sites (N-methyl/N-ethyl adjacent to an activating group) is 3. The van der Waals surface area contributed by atoms with Crippen LogP contribution < -0.4 is 0 Å². The van der Waals surface area contributed by atoms with Gasteiger partial charge in [-0.2, -0.15) is 39.5 Å². The predicted molar refractivity (Wildman–Crippen MR) is 97.2 cm³/mol. The largest absolute Gasteiger partial charge is 0.490 e. The molecule has 0 bridgehead atoms. The van der Waals surface area contributed by atoms with Crippen molar-refractivity contribution in [1.82, 2.24) is 14.7 Å². The average Bonchev–Trinajstić information content (AvgIpc) is 2.68. The minimum absolute atomic E-state index is 0. The number of alkyl halides is 9. The van der Waals surface area contributed by atoms with Crippen LogP contribution in [0.3, 0.4) is 0 Å². The first-order chi connectivity index (χ1) is 14.5. The van der Waals surface area contributed by atoms with Crippen LogP contribution in [0, 0.1) is 0 Å². The van der Waals surface area contributed by atoms with Crippen LogP contribution in [0.2, 0.25) is 0 Å². The third kappa shape index (κ3) is 30.2. The van der Waals surface area contributed by atoms with Crippen molar-refractivity contribution in [3.05, 3.63) is 0 Å². The number of rotatable bonds is 0. The molecule has 0 aromatic carbocycles. The molecule has 0 aromatic heterocycles. The second kappa shape index (κ2) is 19.4. The van der Waals surface area contributed by atoms with E-state index in [0.29, 0.717) is 0 Å². The molecule has 35 heavy (non-hydrogen) atoms. The molecule has 214 valence electrons. The standard InChI is InChI=1S/C9H21N3.3C2HF3O2.H2O.Ru/c1-10-4-6-11(2)8-9-12(3)7-5-10;3*3-2(4,5)1(6)7;;/h4-9H2,1-3H3;3*(H,6,7);1H2;. The Labute approximate surface area is 206 Å². The molecule has 1 saturated heterocycles. The summed E-state index contributed by atoms with van der Waals surface area (Å²) in [6.07, 6.45) is -15.3. The van der Waals surface area contributed by atoms with Crippen LogP contribution in [0.1, 0.15) is 0 Å². The molecule has 0 aromatic rings. The average molecular weight is 632 g/mol. The third-order valence-electron chi connectivity index (χ3n) is 3.32. The summed E-state index contributed by atoms with van der Waals surface area (Å²) >= 11 is 0. The van der Waals surface area contributed by atoms with Gasteiger partial charge in [-0.1, -0.05) is 0 Å². The van der Waals surface area contributed by atoms with Crippen molar-refractivity contribution >= 4 is 17.9 Å². The monoisotopic (exact) mass is 633 g/mol. The van der Waals surface area contributed by atoms with Gasteiger partial charge < -0.3 is 35.5 Å². The van der Waals surface area contributed by atoms with Crippen LogP contribution in [0.5, 0.6) is 0 Å². The fraction of sp³-hybridized carbons (Fsp3) is 0.800. The summed E-state index contributed by atoms with van der Waals surface area (Å²) in [5.41, 5.74) is 0. The molecule has 0 unspecified atom stereocenters. The zero-order valence-corrected chi connectivity index (χ0v) is 20.1. The minimum Gasteiger partial charge on any atom is -0.475 e. The molecule has 0 radical (unpaired) electrons. The molecule has 1 aliphatic rings. The van der Waals surface area contributed by atoms with Crippen LogP contribution in [0.15, 0.2) is 0 Å². The van der Waals surface area contributed by atoms with E-state index in [2.05, 4.69) is 35.8 Å². The Kier molecular flexibility index (Phi) is 24.1. The van der Waals surface area contributed by atoms with E-state index in [1.807, 2.05) is 0 Å². The Balaban J connectivity index is -0.000000116. The molecule has 0 spiro atoms. The number of halogens is 9. The van der Waals surface area contributed by atoms with Crippen molar-refractivity contribution in [2.24, 2.45) is 0 Å². The van der Waals surface area contributed by atoms with Crippen molar-refractivity contribution < 1.29 is 94.2 Å². The minimum atomic E-state index is -5.08. The Morgan fingerprint density at radius 1 is 0.514 bits per heavy atom. The molecule has 1 rings (SSSR count). The van der Waals surface area contributed by atoms with Gasteiger partial charge in [0.25, 0.3) is 0 Å². The van der Waals surface area contributed by atoms with E-state index in [-0.39, 0.29) is 25.0 Å². The number of nitrogens with zero attached hydrogens (tertiary/aromatic N) is 3. The van der Waals surface area contributed by atoms with E-state index in [1.165, 1.54) is 39.3 Å². The first-order valence-corrected chi connectivity index (χ1v) is 8.47. The number of hydrogen-bond donors (Lipinski definition) is 3. The summed E-state index contributed by atoms with van der Waals surface area (Å²) in [6.45, 7) is 7.19. The van der Waals surface area contributed by atoms with Gasteiger partial charge in [0.1, 0.15) is 0 Å². The molecule has 20 heteroatoms. The van der Waals surface area contributed by atoms with Gasteiger partial charge in [0.2, 0.25) is 0 Å². The van der Waals surface area contributed by atoms with Gasteiger partial charge in [0.15, 0.2) is 0 Å². The normalized spacial score (nSPS) is 15.8. The molecule has 0 saturated carbocycles. The fourth-order valence-corrected chi connectivity index (χ4v) is 1.36. The number of carboxylic acids is 3. The molecule has 0 aliphatic carbocycles. The molecule has 1 aliphatic heterocycles. The summed E-state index contributed by atoms with van der Waals surface area (Å²) in [5, 5.41) is 21.4. The summed E-state index contributed by atoms with van der Waals surface area (Å²) in [4.78, 5) is 33.9. The zero-order valence-electron chi connectivity index (χ0n) is 18.4. The maximum atomic E-state index is 10.6. The van der Waals surface area contributed by atoms with E-state index in [9.17, 15) is 39.5 Å². The summed E-state index contributed by atoms with van der Waals surface area (Å²) in [5.74, 6) is -8.27. The number of aliphatic carboxylic acids is 3. The molecule has 0 atom stereocenters. The van der Waals surface area contributed by atoms with Crippen molar-refractivity contribution in [3.8, 4) is 0 Å². The Bertz CT molecular complexity index is 513. The molecule has 0 amide bonds. The van der Waals surface area contributed by atoms with Gasteiger partial charge in [-0.05, 0) is 21.1 Å². The molecular weight excluding hydrogens is 606 g/mol. The quantitative estimate of drug-likeness (QED) is 0.261. The molecule has 10 nitrogen and oxygen atoms in total. The first kappa shape index (κ1) is 43.3. The van der Waals surface area contributed by atoms with Crippen LogP contribution >= 0.6 is 0 Å².